The Kier molecular flexibility index (Phi) is 5.99. The van der Waals surface area contributed by atoms with Crippen molar-refractivity contribution in [2.24, 2.45) is 0 Å². The van der Waals surface area contributed by atoms with E-state index in [1.54, 1.807) is 11.0 Å². The first kappa shape index (κ1) is 18.4. The third-order valence-corrected chi connectivity index (χ3v) is 4.59. The number of carbonyl (C=O) groups excluding carboxylic acids is 3. The molecule has 24 heavy (non-hydrogen) atoms. The van der Waals surface area contributed by atoms with E-state index in [2.05, 4.69) is 10.6 Å². The molecule has 7 heteroatoms. The zero-order chi connectivity index (χ0) is 17.7. The van der Waals surface area contributed by atoms with Crippen molar-refractivity contribution < 1.29 is 14.4 Å². The van der Waals surface area contributed by atoms with Gasteiger partial charge in [-0.2, -0.15) is 0 Å². The molecule has 0 aliphatic carbocycles. The second kappa shape index (κ2) is 7.79. The van der Waals surface area contributed by atoms with Gasteiger partial charge in [-0.3, -0.25) is 14.4 Å². The highest BCUT2D eigenvalue weighted by Gasteiger charge is 2.33. The fraction of sp³-hybridized carbons (Fsp3) is 0.588. The smallest absolute Gasteiger partial charge is 0.264 e. The summed E-state index contributed by atoms with van der Waals surface area (Å²) in [5.41, 5.74) is -0.339. The summed E-state index contributed by atoms with van der Waals surface area (Å²) >= 11 is 1.38. The van der Waals surface area contributed by atoms with Crippen LogP contribution in [0.2, 0.25) is 0 Å². The number of thiophene rings is 1. The van der Waals surface area contributed by atoms with Gasteiger partial charge in [-0.25, -0.2) is 0 Å². The number of piperidine rings is 1. The van der Waals surface area contributed by atoms with Crippen LogP contribution in [0.3, 0.4) is 0 Å². The van der Waals surface area contributed by atoms with E-state index in [4.69, 9.17) is 0 Å². The molecule has 0 bridgehead atoms. The second-order valence-corrected chi connectivity index (χ2v) is 7.95. The molecule has 2 N–H and O–H groups in total. The molecule has 1 aliphatic rings. The van der Waals surface area contributed by atoms with Crippen molar-refractivity contribution in [2.45, 2.75) is 51.6 Å². The molecule has 0 aromatic carbocycles. The van der Waals surface area contributed by atoms with Crippen LogP contribution in [0.4, 0.5) is 0 Å². The molecule has 1 fully saturated rings. The molecule has 0 saturated carbocycles. The highest BCUT2D eigenvalue weighted by Crippen LogP contribution is 2.21. The molecule has 0 spiro atoms. The summed E-state index contributed by atoms with van der Waals surface area (Å²) < 4.78 is 0. The lowest BCUT2D eigenvalue weighted by molar-refractivity contribution is -0.130. The minimum Gasteiger partial charge on any atom is -0.350 e. The SMILES string of the molecule is CC(C)(C)NC(=O)CNC(=O)C1CCCCN1C(=O)c1cccs1. The van der Waals surface area contributed by atoms with Crippen LogP contribution in [0, 0.1) is 0 Å². The molecule has 3 amide bonds. The lowest BCUT2D eigenvalue weighted by Crippen LogP contribution is -2.54. The summed E-state index contributed by atoms with van der Waals surface area (Å²) in [7, 11) is 0. The average molecular weight is 351 g/mol. The Balaban J connectivity index is 1.95. The molecule has 2 rings (SSSR count). The Morgan fingerprint density at radius 3 is 2.67 bits per heavy atom. The third-order valence-electron chi connectivity index (χ3n) is 3.74. The zero-order valence-corrected chi connectivity index (χ0v) is 15.2. The summed E-state index contributed by atoms with van der Waals surface area (Å²) in [5.74, 6) is -0.601. The number of amides is 3. The summed E-state index contributed by atoms with van der Waals surface area (Å²) in [4.78, 5) is 39.2. The van der Waals surface area contributed by atoms with Gasteiger partial charge in [-0.05, 0) is 51.5 Å². The zero-order valence-electron chi connectivity index (χ0n) is 14.4. The number of hydrogen-bond donors (Lipinski definition) is 2. The highest BCUT2D eigenvalue weighted by atomic mass is 32.1. The summed E-state index contributed by atoms with van der Waals surface area (Å²) in [5, 5.41) is 7.31. The van der Waals surface area contributed by atoms with Crippen molar-refractivity contribution in [2.75, 3.05) is 13.1 Å². The first-order valence-electron chi connectivity index (χ1n) is 8.21. The summed E-state index contributed by atoms with van der Waals surface area (Å²) in [6, 6.07) is 3.09. The van der Waals surface area contributed by atoms with E-state index in [0.717, 1.165) is 12.8 Å². The summed E-state index contributed by atoms with van der Waals surface area (Å²) in [6.45, 7) is 6.15. The Morgan fingerprint density at radius 2 is 2.04 bits per heavy atom. The van der Waals surface area contributed by atoms with Crippen molar-refractivity contribution in [3.63, 3.8) is 0 Å². The maximum Gasteiger partial charge on any atom is 0.264 e. The van der Waals surface area contributed by atoms with Gasteiger partial charge < -0.3 is 15.5 Å². The van der Waals surface area contributed by atoms with Gasteiger partial charge in [0.25, 0.3) is 5.91 Å². The van der Waals surface area contributed by atoms with E-state index >= 15 is 0 Å². The minimum absolute atomic E-state index is 0.0758. The van der Waals surface area contributed by atoms with E-state index in [9.17, 15) is 14.4 Å². The van der Waals surface area contributed by atoms with Crippen molar-refractivity contribution in [1.29, 1.82) is 0 Å². The van der Waals surface area contributed by atoms with Gasteiger partial charge in [0, 0.05) is 12.1 Å². The molecule has 1 atom stereocenters. The maximum absolute atomic E-state index is 12.6. The van der Waals surface area contributed by atoms with Crippen molar-refractivity contribution in [3.8, 4) is 0 Å². The Labute approximate surface area is 146 Å². The van der Waals surface area contributed by atoms with E-state index in [1.165, 1.54) is 11.3 Å². The molecule has 1 aromatic heterocycles. The molecule has 2 heterocycles. The van der Waals surface area contributed by atoms with Crippen molar-refractivity contribution in [3.05, 3.63) is 22.4 Å². The van der Waals surface area contributed by atoms with Crippen LogP contribution >= 0.6 is 11.3 Å². The van der Waals surface area contributed by atoms with Crippen LogP contribution in [-0.2, 0) is 9.59 Å². The van der Waals surface area contributed by atoms with Crippen molar-refractivity contribution in [1.82, 2.24) is 15.5 Å². The number of hydrogen-bond acceptors (Lipinski definition) is 4. The number of carbonyl (C=O) groups is 3. The quantitative estimate of drug-likeness (QED) is 0.868. The van der Waals surface area contributed by atoms with Gasteiger partial charge in [-0.1, -0.05) is 6.07 Å². The maximum atomic E-state index is 12.6. The Hall–Kier alpha value is -1.89. The lowest BCUT2D eigenvalue weighted by Gasteiger charge is -2.34. The molecule has 1 aromatic rings. The molecular formula is C17H25N3O3S. The van der Waals surface area contributed by atoms with Gasteiger partial charge in [-0.15, -0.1) is 11.3 Å². The van der Waals surface area contributed by atoms with E-state index in [-0.39, 0.29) is 29.8 Å². The van der Waals surface area contributed by atoms with Crippen LogP contribution in [0.25, 0.3) is 0 Å². The highest BCUT2D eigenvalue weighted by molar-refractivity contribution is 7.12. The van der Waals surface area contributed by atoms with Crippen molar-refractivity contribution >= 4 is 29.1 Å². The largest absolute Gasteiger partial charge is 0.350 e. The van der Waals surface area contributed by atoms with Crippen LogP contribution in [0.1, 0.15) is 49.7 Å². The third kappa shape index (κ3) is 5.06. The van der Waals surface area contributed by atoms with Gasteiger partial charge >= 0.3 is 0 Å². The number of likely N-dealkylation sites (tertiary alicyclic amines) is 1. The second-order valence-electron chi connectivity index (χ2n) is 7.00. The molecular weight excluding hydrogens is 326 g/mol. The number of nitrogens with zero attached hydrogens (tertiary/aromatic N) is 1. The minimum atomic E-state index is -0.504. The molecule has 1 aliphatic heterocycles. The molecule has 6 nitrogen and oxygen atoms in total. The molecule has 0 radical (unpaired) electrons. The molecule has 132 valence electrons. The monoisotopic (exact) mass is 351 g/mol. The van der Waals surface area contributed by atoms with Gasteiger partial charge in [0.1, 0.15) is 6.04 Å². The van der Waals surface area contributed by atoms with Crippen LogP contribution in [-0.4, -0.2) is 47.3 Å². The Morgan fingerprint density at radius 1 is 1.29 bits per heavy atom. The lowest BCUT2D eigenvalue weighted by atomic mass is 10.0. The predicted molar refractivity (Wildman–Crippen MR) is 93.9 cm³/mol. The van der Waals surface area contributed by atoms with E-state index in [1.807, 2.05) is 32.2 Å². The van der Waals surface area contributed by atoms with Crippen LogP contribution < -0.4 is 10.6 Å². The number of rotatable bonds is 4. The van der Waals surface area contributed by atoms with Crippen LogP contribution in [0.15, 0.2) is 17.5 Å². The standard InChI is InChI=1S/C17H25N3O3S/c1-17(2,3)19-14(21)11-18-15(22)12-7-4-5-9-20(12)16(23)13-8-6-10-24-13/h6,8,10,12H,4-5,7,9,11H2,1-3H3,(H,18,22)(H,19,21). The average Bonchev–Trinajstić information content (AvgIpc) is 3.04. The van der Waals surface area contributed by atoms with E-state index < -0.39 is 6.04 Å². The molecule has 1 saturated heterocycles. The number of nitrogens with one attached hydrogen (secondary N) is 2. The Bertz CT molecular complexity index is 593. The van der Waals surface area contributed by atoms with Crippen LogP contribution in [0.5, 0.6) is 0 Å². The van der Waals surface area contributed by atoms with Gasteiger partial charge in [0.05, 0.1) is 11.4 Å². The predicted octanol–water partition coefficient (Wildman–Crippen LogP) is 1.77. The molecule has 1 unspecified atom stereocenters. The first-order chi connectivity index (χ1) is 11.3. The first-order valence-corrected chi connectivity index (χ1v) is 9.09. The normalized spacial score (nSPS) is 18.1. The van der Waals surface area contributed by atoms with Gasteiger partial charge in [0.15, 0.2) is 0 Å². The topological polar surface area (TPSA) is 78.5 Å². The fourth-order valence-corrected chi connectivity index (χ4v) is 3.42. The summed E-state index contributed by atoms with van der Waals surface area (Å²) in [6.07, 6.45) is 2.43. The van der Waals surface area contributed by atoms with E-state index in [0.29, 0.717) is 17.8 Å². The van der Waals surface area contributed by atoms with Gasteiger partial charge in [0.2, 0.25) is 11.8 Å². The fourth-order valence-electron chi connectivity index (χ4n) is 2.74.